The van der Waals surface area contributed by atoms with Gasteiger partial charge in [0, 0.05) is 16.7 Å². The molecular weight excluding hydrogens is 434 g/mol. The fraction of sp³-hybridized carbons (Fsp3) is 0.0400. The van der Waals surface area contributed by atoms with Crippen molar-refractivity contribution in [2.24, 2.45) is 0 Å². The van der Waals surface area contributed by atoms with Crippen LogP contribution in [-0.4, -0.2) is 36.9 Å². The topological polar surface area (TPSA) is 94.7 Å². The average Bonchev–Trinajstić information content (AvgIpc) is 3.39. The molecule has 160 valence electrons. The molecule has 0 saturated carbocycles. The third kappa shape index (κ3) is 4.70. The Hall–Kier alpha value is -4.17. The lowest BCUT2D eigenvalue weighted by Crippen LogP contribution is -2.05. The van der Waals surface area contributed by atoms with E-state index in [1.807, 2.05) is 91.0 Å². The molecule has 0 N–H and O–H groups in total. The van der Waals surface area contributed by atoms with Gasteiger partial charge in [-0.25, -0.2) is 4.98 Å². The number of ketones is 1. The molecule has 3 aromatic carbocycles. The van der Waals surface area contributed by atoms with Crippen molar-refractivity contribution in [3.63, 3.8) is 0 Å². The maximum Gasteiger partial charge on any atom is 0.285 e. The van der Waals surface area contributed by atoms with Gasteiger partial charge in [0.1, 0.15) is 11.4 Å². The van der Waals surface area contributed by atoms with Gasteiger partial charge < -0.3 is 4.42 Å². The van der Waals surface area contributed by atoms with E-state index in [4.69, 9.17) is 9.40 Å². The fourth-order valence-corrected chi connectivity index (χ4v) is 3.82. The summed E-state index contributed by atoms with van der Waals surface area (Å²) in [5.41, 5.74) is 3.98. The van der Waals surface area contributed by atoms with Crippen LogP contribution in [0.2, 0.25) is 0 Å². The lowest BCUT2D eigenvalue weighted by Gasteiger charge is -2.09. The van der Waals surface area contributed by atoms with Crippen molar-refractivity contribution in [1.82, 2.24) is 25.4 Å². The first kappa shape index (κ1) is 20.7. The van der Waals surface area contributed by atoms with Gasteiger partial charge in [-0.05, 0) is 12.1 Å². The number of benzene rings is 3. The summed E-state index contributed by atoms with van der Waals surface area (Å²) in [6, 6.07) is 28.9. The zero-order valence-corrected chi connectivity index (χ0v) is 18.1. The van der Waals surface area contributed by atoms with Crippen LogP contribution in [0.1, 0.15) is 10.7 Å². The number of Topliss-reactive ketones (excluding diaryl/α,β-unsaturated/α-hetero) is 1. The Bertz CT molecular complexity index is 1380. The maximum atomic E-state index is 12.6. The van der Waals surface area contributed by atoms with E-state index in [0.717, 1.165) is 16.7 Å². The maximum absolute atomic E-state index is 12.6. The predicted molar refractivity (Wildman–Crippen MR) is 125 cm³/mol. The van der Waals surface area contributed by atoms with Crippen molar-refractivity contribution >= 4 is 17.5 Å². The standard InChI is InChI=1S/C25H17N5O2S/c31-20(24-29-28-23(32-24)19-14-8-3-9-15-19)16-33-25-26-21(17-10-4-1-5-11-17)22(27-30-25)18-12-6-2-7-13-18/h1-15H,16H2. The Kier molecular flexibility index (Phi) is 5.99. The van der Waals surface area contributed by atoms with Gasteiger partial charge in [0.15, 0.2) is 0 Å². The van der Waals surface area contributed by atoms with Crippen LogP contribution in [0.3, 0.4) is 0 Å². The second kappa shape index (κ2) is 9.54. The third-order valence-corrected chi connectivity index (χ3v) is 5.62. The zero-order valence-electron chi connectivity index (χ0n) is 17.3. The molecule has 0 aliphatic carbocycles. The Morgan fingerprint density at radius 2 is 1.24 bits per heavy atom. The second-order valence-electron chi connectivity index (χ2n) is 7.01. The van der Waals surface area contributed by atoms with Crippen LogP contribution in [0.4, 0.5) is 0 Å². The largest absolute Gasteiger partial charge is 0.414 e. The molecular formula is C25H17N5O2S. The number of carbonyl (C=O) groups excluding carboxylic acids is 1. The first-order valence-corrected chi connectivity index (χ1v) is 11.2. The monoisotopic (exact) mass is 451 g/mol. The summed E-state index contributed by atoms with van der Waals surface area (Å²) >= 11 is 1.18. The van der Waals surface area contributed by atoms with Crippen LogP contribution in [-0.2, 0) is 0 Å². The van der Waals surface area contributed by atoms with Gasteiger partial charge in [0.2, 0.25) is 16.8 Å². The van der Waals surface area contributed by atoms with Gasteiger partial charge in [-0.2, -0.15) is 0 Å². The lowest BCUT2D eigenvalue weighted by atomic mass is 10.0. The second-order valence-corrected chi connectivity index (χ2v) is 7.96. The number of aromatic nitrogens is 5. The highest BCUT2D eigenvalue weighted by molar-refractivity contribution is 7.99. The minimum atomic E-state index is -0.299. The van der Waals surface area contributed by atoms with Crippen LogP contribution in [0.25, 0.3) is 34.0 Å². The first-order valence-electron chi connectivity index (χ1n) is 10.2. The van der Waals surface area contributed by atoms with E-state index in [2.05, 4.69) is 20.4 Å². The molecule has 33 heavy (non-hydrogen) atoms. The van der Waals surface area contributed by atoms with E-state index in [-0.39, 0.29) is 17.4 Å². The van der Waals surface area contributed by atoms with Gasteiger partial charge in [-0.15, -0.1) is 20.4 Å². The van der Waals surface area contributed by atoms with E-state index < -0.39 is 0 Å². The van der Waals surface area contributed by atoms with Crippen molar-refractivity contribution < 1.29 is 9.21 Å². The number of hydrogen-bond acceptors (Lipinski definition) is 8. The Morgan fingerprint density at radius 3 is 1.88 bits per heavy atom. The van der Waals surface area contributed by atoms with E-state index in [0.29, 0.717) is 22.4 Å². The van der Waals surface area contributed by atoms with Crippen molar-refractivity contribution in [1.29, 1.82) is 0 Å². The molecule has 2 heterocycles. The van der Waals surface area contributed by atoms with E-state index in [1.54, 1.807) is 0 Å². The number of carbonyl (C=O) groups is 1. The van der Waals surface area contributed by atoms with Gasteiger partial charge in [-0.1, -0.05) is 90.6 Å². The number of hydrogen-bond donors (Lipinski definition) is 0. The third-order valence-electron chi connectivity index (χ3n) is 4.78. The zero-order chi connectivity index (χ0) is 22.5. The van der Waals surface area contributed by atoms with Crippen molar-refractivity contribution in [2.75, 3.05) is 5.75 Å². The quantitative estimate of drug-likeness (QED) is 0.245. The van der Waals surface area contributed by atoms with Crippen molar-refractivity contribution in [3.05, 3.63) is 96.9 Å². The van der Waals surface area contributed by atoms with Crippen LogP contribution in [0, 0.1) is 0 Å². The highest BCUT2D eigenvalue weighted by Crippen LogP contribution is 2.29. The molecule has 0 radical (unpaired) electrons. The summed E-state index contributed by atoms with van der Waals surface area (Å²) in [7, 11) is 0. The molecule has 0 aliphatic rings. The molecule has 5 aromatic rings. The Labute approximate surface area is 194 Å². The van der Waals surface area contributed by atoms with Crippen molar-refractivity contribution in [3.8, 4) is 34.0 Å². The minimum absolute atomic E-state index is 0.0431. The summed E-state index contributed by atoms with van der Waals surface area (Å²) in [5, 5.41) is 16.9. The molecule has 0 bridgehead atoms. The van der Waals surface area contributed by atoms with Gasteiger partial charge in [-0.3, -0.25) is 4.79 Å². The summed E-state index contributed by atoms with van der Waals surface area (Å²) in [4.78, 5) is 17.3. The molecule has 5 rings (SSSR count). The summed E-state index contributed by atoms with van der Waals surface area (Å²) in [6.07, 6.45) is 0. The van der Waals surface area contributed by atoms with Crippen LogP contribution >= 0.6 is 11.8 Å². The molecule has 8 heteroatoms. The fourth-order valence-electron chi connectivity index (χ4n) is 3.19. The highest BCUT2D eigenvalue weighted by Gasteiger charge is 2.18. The minimum Gasteiger partial charge on any atom is -0.414 e. The Morgan fingerprint density at radius 1 is 0.667 bits per heavy atom. The summed E-state index contributed by atoms with van der Waals surface area (Å²) in [6.45, 7) is 0. The van der Waals surface area contributed by atoms with Crippen LogP contribution < -0.4 is 0 Å². The highest BCUT2D eigenvalue weighted by atomic mass is 32.2. The summed E-state index contributed by atoms with van der Waals surface area (Å²) < 4.78 is 5.55. The lowest BCUT2D eigenvalue weighted by molar-refractivity contribution is 0.0986. The molecule has 0 saturated heterocycles. The molecule has 0 fully saturated rings. The molecule has 0 amide bonds. The molecule has 0 atom stereocenters. The van der Waals surface area contributed by atoms with E-state index in [1.165, 1.54) is 11.8 Å². The van der Waals surface area contributed by atoms with Crippen LogP contribution in [0.15, 0.2) is 101 Å². The molecule has 7 nitrogen and oxygen atoms in total. The predicted octanol–water partition coefficient (Wildman–Crippen LogP) is 5.23. The number of thioether (sulfide) groups is 1. The molecule has 0 aliphatic heterocycles. The molecule has 0 spiro atoms. The number of nitrogens with zero attached hydrogens (tertiary/aromatic N) is 5. The average molecular weight is 452 g/mol. The molecule has 0 unspecified atom stereocenters. The van der Waals surface area contributed by atoms with Gasteiger partial charge in [0.25, 0.3) is 5.89 Å². The molecule has 2 aromatic heterocycles. The smallest absolute Gasteiger partial charge is 0.285 e. The van der Waals surface area contributed by atoms with Gasteiger partial charge >= 0.3 is 0 Å². The van der Waals surface area contributed by atoms with Gasteiger partial charge in [0.05, 0.1) is 5.75 Å². The normalized spacial score (nSPS) is 10.8. The Balaban J connectivity index is 1.37. The van der Waals surface area contributed by atoms with Crippen molar-refractivity contribution in [2.45, 2.75) is 5.16 Å². The first-order chi connectivity index (χ1) is 16.3. The summed E-state index contributed by atoms with van der Waals surface area (Å²) in [5.74, 6) is 0.0161. The van der Waals surface area contributed by atoms with E-state index >= 15 is 0 Å². The number of rotatable bonds is 7. The van der Waals surface area contributed by atoms with E-state index in [9.17, 15) is 4.79 Å². The van der Waals surface area contributed by atoms with Crippen LogP contribution in [0.5, 0.6) is 0 Å². The SMILES string of the molecule is O=C(CSc1nnc(-c2ccccc2)c(-c2ccccc2)n1)c1nnc(-c2ccccc2)o1.